The number of carbonyl (C=O) groups excluding carboxylic acids is 1. The minimum atomic E-state index is -4.34. The Labute approximate surface area is 131 Å². The molecule has 6 heteroatoms. The van der Waals surface area contributed by atoms with Crippen molar-refractivity contribution >= 4 is 17.3 Å². The molecule has 1 amide bonds. The molecule has 1 heterocycles. The fourth-order valence-corrected chi connectivity index (χ4v) is 2.44. The number of halogens is 3. The average molecular weight is 320 g/mol. The summed E-state index contributed by atoms with van der Waals surface area (Å²) in [5.74, 6) is -0.213. The number of carbonyl (C=O) groups is 1. The van der Waals surface area contributed by atoms with Gasteiger partial charge in [-0.05, 0) is 35.4 Å². The summed E-state index contributed by atoms with van der Waals surface area (Å²) in [5, 5.41) is 6.02. The second kappa shape index (κ2) is 5.61. The minimum absolute atomic E-state index is 0.0569. The van der Waals surface area contributed by atoms with E-state index in [0.717, 1.165) is 23.4 Å². The molecule has 2 N–H and O–H groups in total. The highest BCUT2D eigenvalue weighted by Crippen LogP contribution is 2.33. The summed E-state index contributed by atoms with van der Waals surface area (Å²) in [6, 6.07) is 10.4. The van der Waals surface area contributed by atoms with Gasteiger partial charge in [0, 0.05) is 6.54 Å². The molecule has 0 spiro atoms. The van der Waals surface area contributed by atoms with Gasteiger partial charge < -0.3 is 10.6 Å². The lowest BCUT2D eigenvalue weighted by atomic mass is 10.0. The predicted octanol–water partition coefficient (Wildman–Crippen LogP) is 4.37. The van der Waals surface area contributed by atoms with Crippen molar-refractivity contribution in [2.75, 3.05) is 17.2 Å². The van der Waals surface area contributed by atoms with Crippen LogP contribution in [0.15, 0.2) is 42.5 Å². The standard InChI is InChI=1S/C17H15F3N2O/c1-10-9-21-15-8-12(4-7-14(15)22-16(10)23)11-2-5-13(6-3-11)17(18,19)20/h2-8,10,21H,9H2,1H3,(H,22,23). The molecule has 3 rings (SSSR count). The van der Waals surface area contributed by atoms with Crippen molar-refractivity contribution in [2.24, 2.45) is 5.92 Å². The van der Waals surface area contributed by atoms with E-state index in [-0.39, 0.29) is 11.8 Å². The third-order valence-electron chi connectivity index (χ3n) is 3.87. The summed E-state index contributed by atoms with van der Waals surface area (Å²) in [7, 11) is 0. The summed E-state index contributed by atoms with van der Waals surface area (Å²) in [5.41, 5.74) is 2.24. The number of fused-ring (bicyclic) bond motifs is 1. The monoisotopic (exact) mass is 320 g/mol. The van der Waals surface area contributed by atoms with Crippen molar-refractivity contribution in [3.8, 4) is 11.1 Å². The molecule has 0 aliphatic carbocycles. The molecule has 1 aliphatic heterocycles. The number of hydrogen-bond acceptors (Lipinski definition) is 2. The van der Waals surface area contributed by atoms with E-state index in [1.54, 1.807) is 12.1 Å². The summed E-state index contributed by atoms with van der Waals surface area (Å²) in [6.07, 6.45) is -4.34. The molecule has 2 aromatic rings. The molecule has 3 nitrogen and oxygen atoms in total. The van der Waals surface area contributed by atoms with Crippen molar-refractivity contribution in [1.29, 1.82) is 0 Å². The smallest absolute Gasteiger partial charge is 0.383 e. The molecule has 23 heavy (non-hydrogen) atoms. The van der Waals surface area contributed by atoms with Crippen molar-refractivity contribution in [3.63, 3.8) is 0 Å². The van der Waals surface area contributed by atoms with Gasteiger partial charge in [0.25, 0.3) is 0 Å². The lowest BCUT2D eigenvalue weighted by molar-refractivity contribution is -0.137. The summed E-state index contributed by atoms with van der Waals surface area (Å²) < 4.78 is 37.8. The Morgan fingerprint density at radius 2 is 1.65 bits per heavy atom. The maximum Gasteiger partial charge on any atom is 0.416 e. The van der Waals surface area contributed by atoms with Gasteiger partial charge in [-0.1, -0.05) is 25.1 Å². The topological polar surface area (TPSA) is 41.1 Å². The number of alkyl halides is 3. The lowest BCUT2D eigenvalue weighted by Crippen LogP contribution is -2.22. The Balaban J connectivity index is 1.92. The van der Waals surface area contributed by atoms with E-state index in [0.29, 0.717) is 17.8 Å². The van der Waals surface area contributed by atoms with E-state index < -0.39 is 11.7 Å². The van der Waals surface area contributed by atoms with Gasteiger partial charge in [-0.2, -0.15) is 13.2 Å². The van der Waals surface area contributed by atoms with Crippen LogP contribution in [0.25, 0.3) is 11.1 Å². The molecule has 2 aromatic carbocycles. The van der Waals surface area contributed by atoms with Gasteiger partial charge in [0.05, 0.1) is 22.9 Å². The normalized spacial score (nSPS) is 17.7. The first-order valence-electron chi connectivity index (χ1n) is 7.21. The lowest BCUT2D eigenvalue weighted by Gasteiger charge is -2.11. The Hall–Kier alpha value is -2.50. The van der Waals surface area contributed by atoms with Crippen molar-refractivity contribution in [1.82, 2.24) is 0 Å². The molecule has 0 saturated heterocycles. The maximum atomic E-state index is 12.6. The third-order valence-corrected chi connectivity index (χ3v) is 3.87. The highest BCUT2D eigenvalue weighted by molar-refractivity contribution is 5.98. The second-order valence-corrected chi connectivity index (χ2v) is 5.61. The average Bonchev–Trinajstić information content (AvgIpc) is 2.66. The zero-order valence-corrected chi connectivity index (χ0v) is 12.4. The second-order valence-electron chi connectivity index (χ2n) is 5.61. The number of rotatable bonds is 1. The van der Waals surface area contributed by atoms with E-state index in [1.165, 1.54) is 12.1 Å². The zero-order valence-electron chi connectivity index (χ0n) is 12.4. The number of benzene rings is 2. The van der Waals surface area contributed by atoms with Gasteiger partial charge in [-0.15, -0.1) is 0 Å². The van der Waals surface area contributed by atoms with Gasteiger partial charge in [-0.25, -0.2) is 0 Å². The third kappa shape index (κ3) is 3.16. The van der Waals surface area contributed by atoms with E-state index in [4.69, 9.17) is 0 Å². The minimum Gasteiger partial charge on any atom is -0.383 e. The van der Waals surface area contributed by atoms with Crippen LogP contribution in [-0.2, 0) is 11.0 Å². The zero-order chi connectivity index (χ0) is 16.6. The molecule has 1 atom stereocenters. The largest absolute Gasteiger partial charge is 0.416 e. The summed E-state index contributed by atoms with van der Waals surface area (Å²) in [6.45, 7) is 2.33. The van der Waals surface area contributed by atoms with E-state index in [1.807, 2.05) is 13.0 Å². The van der Waals surface area contributed by atoms with Gasteiger partial charge in [-0.3, -0.25) is 4.79 Å². The molecule has 0 bridgehead atoms. The predicted molar refractivity (Wildman–Crippen MR) is 83.2 cm³/mol. The maximum absolute atomic E-state index is 12.6. The first-order valence-corrected chi connectivity index (χ1v) is 7.21. The number of anilines is 2. The van der Waals surface area contributed by atoms with Crippen LogP contribution in [0.2, 0.25) is 0 Å². The van der Waals surface area contributed by atoms with Crippen molar-refractivity contribution < 1.29 is 18.0 Å². The quantitative estimate of drug-likeness (QED) is 0.819. The summed E-state index contributed by atoms with van der Waals surface area (Å²) in [4.78, 5) is 11.8. The van der Waals surface area contributed by atoms with Crippen LogP contribution in [0.4, 0.5) is 24.5 Å². The van der Waals surface area contributed by atoms with E-state index in [9.17, 15) is 18.0 Å². The van der Waals surface area contributed by atoms with Crippen LogP contribution >= 0.6 is 0 Å². The number of nitrogens with one attached hydrogen (secondary N) is 2. The van der Waals surface area contributed by atoms with Crippen LogP contribution in [0.1, 0.15) is 12.5 Å². The molecule has 0 radical (unpaired) electrons. The summed E-state index contributed by atoms with van der Waals surface area (Å²) >= 11 is 0. The van der Waals surface area contributed by atoms with Crippen LogP contribution < -0.4 is 10.6 Å². The molecule has 0 saturated carbocycles. The first kappa shape index (κ1) is 15.4. The Bertz CT molecular complexity index is 738. The molecular formula is C17H15F3N2O. The Kier molecular flexibility index (Phi) is 3.75. The van der Waals surface area contributed by atoms with Gasteiger partial charge >= 0.3 is 6.18 Å². The van der Waals surface area contributed by atoms with Crippen molar-refractivity contribution in [2.45, 2.75) is 13.1 Å². The van der Waals surface area contributed by atoms with Gasteiger partial charge in [0.15, 0.2) is 0 Å². The van der Waals surface area contributed by atoms with Crippen LogP contribution in [0.3, 0.4) is 0 Å². The van der Waals surface area contributed by atoms with Crippen LogP contribution in [-0.4, -0.2) is 12.5 Å². The number of hydrogen-bond donors (Lipinski definition) is 2. The fourth-order valence-electron chi connectivity index (χ4n) is 2.44. The molecule has 1 unspecified atom stereocenters. The molecular weight excluding hydrogens is 305 g/mol. The van der Waals surface area contributed by atoms with Crippen LogP contribution in [0.5, 0.6) is 0 Å². The highest BCUT2D eigenvalue weighted by Gasteiger charge is 2.30. The molecule has 120 valence electrons. The van der Waals surface area contributed by atoms with E-state index in [2.05, 4.69) is 10.6 Å². The fraction of sp³-hybridized carbons (Fsp3) is 0.235. The first-order chi connectivity index (χ1) is 10.8. The molecule has 0 fully saturated rings. The molecule has 0 aromatic heterocycles. The molecule has 1 aliphatic rings. The van der Waals surface area contributed by atoms with Crippen LogP contribution in [0, 0.1) is 5.92 Å². The van der Waals surface area contributed by atoms with Gasteiger partial charge in [0.2, 0.25) is 5.91 Å². The van der Waals surface area contributed by atoms with E-state index >= 15 is 0 Å². The Morgan fingerprint density at radius 3 is 2.30 bits per heavy atom. The number of amides is 1. The van der Waals surface area contributed by atoms with Crippen molar-refractivity contribution in [3.05, 3.63) is 48.0 Å². The van der Waals surface area contributed by atoms with Gasteiger partial charge in [0.1, 0.15) is 0 Å². The Morgan fingerprint density at radius 1 is 1.00 bits per heavy atom. The SMILES string of the molecule is CC1CNc2cc(-c3ccc(C(F)(F)F)cc3)ccc2NC1=O. The highest BCUT2D eigenvalue weighted by atomic mass is 19.4.